The minimum Gasteiger partial charge on any atom is -0.308 e. The third-order valence-corrected chi connectivity index (χ3v) is 4.58. The number of rotatable bonds is 2. The predicted octanol–water partition coefficient (Wildman–Crippen LogP) is 5.03. The van der Waals surface area contributed by atoms with Gasteiger partial charge in [0, 0.05) is 35.6 Å². The molecule has 9 heteroatoms. The van der Waals surface area contributed by atoms with E-state index < -0.39 is 17.8 Å². The Hall–Kier alpha value is -4.32. The van der Waals surface area contributed by atoms with Gasteiger partial charge in [0.05, 0.1) is 29.0 Å². The molecule has 2 amide bonds. The first-order valence-corrected chi connectivity index (χ1v) is 9.43. The fourth-order valence-electron chi connectivity index (χ4n) is 3.04. The van der Waals surface area contributed by atoms with E-state index in [4.69, 9.17) is 0 Å². The number of halogens is 3. The molecule has 0 aliphatic heterocycles. The molecule has 0 saturated heterocycles. The van der Waals surface area contributed by atoms with Crippen molar-refractivity contribution >= 4 is 28.3 Å². The second kappa shape index (κ2) is 8.43. The van der Waals surface area contributed by atoms with Gasteiger partial charge in [0.25, 0.3) is 0 Å². The van der Waals surface area contributed by atoms with Crippen LogP contribution in [0.4, 0.5) is 29.3 Å². The monoisotopic (exact) mass is 435 g/mol. The standard InChI is InChI=1S/C23H16F3N5O/c1-31-21-14-27-12-16(20(21)13-28-31)9-8-15-4-2-6-18(10-15)29-22(32)30-19-7-3-5-17(11-19)23(24,25)26/h2-7,10-14H,1H3,(H2,29,30,32). The highest BCUT2D eigenvalue weighted by atomic mass is 19.4. The van der Waals surface area contributed by atoms with Crippen molar-refractivity contribution in [3.8, 4) is 11.8 Å². The van der Waals surface area contributed by atoms with Crippen LogP contribution < -0.4 is 10.6 Å². The molecule has 2 N–H and O–H groups in total. The molecule has 160 valence electrons. The molecule has 2 heterocycles. The third-order valence-electron chi connectivity index (χ3n) is 4.58. The summed E-state index contributed by atoms with van der Waals surface area (Å²) < 4.78 is 40.2. The summed E-state index contributed by atoms with van der Waals surface area (Å²) in [7, 11) is 1.82. The Morgan fingerprint density at radius 2 is 1.69 bits per heavy atom. The van der Waals surface area contributed by atoms with Gasteiger partial charge in [0.2, 0.25) is 0 Å². The molecule has 0 aliphatic rings. The number of hydrogen-bond acceptors (Lipinski definition) is 3. The molecule has 2 aromatic heterocycles. The smallest absolute Gasteiger partial charge is 0.308 e. The topological polar surface area (TPSA) is 71.8 Å². The minimum absolute atomic E-state index is 0.0327. The number of benzene rings is 2. The number of aryl methyl sites for hydroxylation is 1. The zero-order valence-corrected chi connectivity index (χ0v) is 16.7. The fraction of sp³-hybridized carbons (Fsp3) is 0.0870. The van der Waals surface area contributed by atoms with Crippen LogP contribution in [-0.2, 0) is 13.2 Å². The lowest BCUT2D eigenvalue weighted by Crippen LogP contribution is -2.19. The van der Waals surface area contributed by atoms with E-state index in [1.54, 1.807) is 47.5 Å². The number of alkyl halides is 3. The van der Waals surface area contributed by atoms with Gasteiger partial charge >= 0.3 is 12.2 Å². The lowest BCUT2D eigenvalue weighted by atomic mass is 10.1. The van der Waals surface area contributed by atoms with Gasteiger partial charge in [0.15, 0.2) is 0 Å². The predicted molar refractivity (Wildman–Crippen MR) is 115 cm³/mol. The highest BCUT2D eigenvalue weighted by molar-refractivity contribution is 5.99. The summed E-state index contributed by atoms with van der Waals surface area (Å²) in [4.78, 5) is 16.4. The maximum Gasteiger partial charge on any atom is 0.416 e. The number of urea groups is 1. The number of anilines is 2. The molecule has 0 saturated carbocycles. The van der Waals surface area contributed by atoms with Gasteiger partial charge in [-0.2, -0.15) is 18.3 Å². The second-order valence-electron chi connectivity index (χ2n) is 6.88. The van der Waals surface area contributed by atoms with Gasteiger partial charge < -0.3 is 10.6 Å². The van der Waals surface area contributed by atoms with E-state index in [1.165, 1.54) is 12.1 Å². The van der Waals surface area contributed by atoms with Gasteiger partial charge in [-0.1, -0.05) is 24.0 Å². The van der Waals surface area contributed by atoms with Crippen LogP contribution in [0, 0.1) is 11.8 Å². The van der Waals surface area contributed by atoms with E-state index >= 15 is 0 Å². The summed E-state index contributed by atoms with van der Waals surface area (Å²) in [5, 5.41) is 10.1. The number of carbonyl (C=O) groups is 1. The molecule has 4 aromatic rings. The van der Waals surface area contributed by atoms with Crippen LogP contribution in [0.1, 0.15) is 16.7 Å². The van der Waals surface area contributed by atoms with Crippen molar-refractivity contribution in [2.75, 3.05) is 10.6 Å². The van der Waals surface area contributed by atoms with Gasteiger partial charge in [-0.05, 0) is 36.4 Å². The maximum absolute atomic E-state index is 12.8. The summed E-state index contributed by atoms with van der Waals surface area (Å²) in [6.07, 6.45) is 0.594. The van der Waals surface area contributed by atoms with Gasteiger partial charge in [-0.15, -0.1) is 0 Å². The Bertz CT molecular complexity index is 1370. The van der Waals surface area contributed by atoms with Crippen molar-refractivity contribution in [1.82, 2.24) is 14.8 Å². The largest absolute Gasteiger partial charge is 0.416 e. The molecule has 32 heavy (non-hydrogen) atoms. The Morgan fingerprint density at radius 1 is 0.969 bits per heavy atom. The number of hydrogen-bond donors (Lipinski definition) is 2. The maximum atomic E-state index is 12.8. The summed E-state index contributed by atoms with van der Waals surface area (Å²) >= 11 is 0. The lowest BCUT2D eigenvalue weighted by Gasteiger charge is -2.11. The molecular formula is C23H16F3N5O. The molecule has 0 aliphatic carbocycles. The highest BCUT2D eigenvalue weighted by Crippen LogP contribution is 2.30. The molecule has 0 radical (unpaired) electrons. The highest BCUT2D eigenvalue weighted by Gasteiger charge is 2.30. The average molecular weight is 435 g/mol. The van der Waals surface area contributed by atoms with Gasteiger partial charge in [0.1, 0.15) is 0 Å². The quantitative estimate of drug-likeness (QED) is 0.434. The van der Waals surface area contributed by atoms with Crippen LogP contribution >= 0.6 is 0 Å². The average Bonchev–Trinajstić information content (AvgIpc) is 3.13. The molecule has 0 atom stereocenters. The number of aromatic nitrogens is 3. The zero-order chi connectivity index (χ0) is 22.7. The van der Waals surface area contributed by atoms with Gasteiger partial charge in [-0.25, -0.2) is 4.79 Å². The summed E-state index contributed by atoms with van der Waals surface area (Å²) in [5.74, 6) is 6.08. The fourth-order valence-corrected chi connectivity index (χ4v) is 3.04. The zero-order valence-electron chi connectivity index (χ0n) is 16.7. The molecule has 0 fully saturated rings. The number of pyridine rings is 1. The molecule has 0 bridgehead atoms. The number of fused-ring (bicyclic) bond motifs is 1. The van der Waals surface area contributed by atoms with Crippen LogP contribution in [0.25, 0.3) is 10.9 Å². The van der Waals surface area contributed by atoms with E-state index in [1.807, 2.05) is 7.05 Å². The lowest BCUT2D eigenvalue weighted by molar-refractivity contribution is -0.137. The third kappa shape index (κ3) is 4.70. The van der Waals surface area contributed by atoms with E-state index in [2.05, 4.69) is 32.6 Å². The van der Waals surface area contributed by atoms with Crippen LogP contribution in [-0.4, -0.2) is 20.8 Å². The Morgan fingerprint density at radius 3 is 2.44 bits per heavy atom. The number of amides is 2. The van der Waals surface area contributed by atoms with E-state index in [9.17, 15) is 18.0 Å². The number of nitrogens with zero attached hydrogens (tertiary/aromatic N) is 3. The van der Waals surface area contributed by atoms with E-state index in [0.717, 1.165) is 28.6 Å². The van der Waals surface area contributed by atoms with Crippen LogP contribution in [0.2, 0.25) is 0 Å². The summed E-state index contributed by atoms with van der Waals surface area (Å²) in [6, 6.07) is 10.6. The first kappa shape index (κ1) is 20.9. The normalized spacial score (nSPS) is 11.0. The van der Waals surface area contributed by atoms with Crippen molar-refractivity contribution in [1.29, 1.82) is 0 Å². The van der Waals surface area contributed by atoms with Crippen molar-refractivity contribution in [2.24, 2.45) is 7.05 Å². The Balaban J connectivity index is 1.48. The van der Waals surface area contributed by atoms with Crippen molar-refractivity contribution in [3.63, 3.8) is 0 Å². The Labute approximate surface area is 181 Å². The first-order chi connectivity index (χ1) is 15.3. The second-order valence-corrected chi connectivity index (χ2v) is 6.88. The van der Waals surface area contributed by atoms with Crippen molar-refractivity contribution in [2.45, 2.75) is 6.18 Å². The van der Waals surface area contributed by atoms with Crippen LogP contribution in [0.3, 0.4) is 0 Å². The minimum atomic E-state index is -4.49. The van der Waals surface area contributed by atoms with Crippen LogP contribution in [0.5, 0.6) is 0 Å². The molecule has 6 nitrogen and oxygen atoms in total. The SMILES string of the molecule is Cn1ncc2c(C#Cc3cccc(NC(=O)Nc4cccc(C(F)(F)F)c4)c3)cncc21. The number of carbonyl (C=O) groups excluding carboxylic acids is 1. The molecule has 2 aromatic carbocycles. The number of nitrogens with one attached hydrogen (secondary N) is 2. The molecule has 0 unspecified atom stereocenters. The van der Waals surface area contributed by atoms with E-state index in [0.29, 0.717) is 11.3 Å². The molecular weight excluding hydrogens is 419 g/mol. The van der Waals surface area contributed by atoms with Crippen molar-refractivity contribution < 1.29 is 18.0 Å². The molecule has 0 spiro atoms. The van der Waals surface area contributed by atoms with Crippen molar-refractivity contribution in [3.05, 3.63) is 83.8 Å². The molecule has 4 rings (SSSR count). The van der Waals surface area contributed by atoms with Crippen LogP contribution in [0.15, 0.2) is 67.1 Å². The Kier molecular flexibility index (Phi) is 5.52. The van der Waals surface area contributed by atoms with E-state index in [-0.39, 0.29) is 5.69 Å². The van der Waals surface area contributed by atoms with Gasteiger partial charge in [-0.3, -0.25) is 9.67 Å². The summed E-state index contributed by atoms with van der Waals surface area (Å²) in [6.45, 7) is 0. The summed E-state index contributed by atoms with van der Waals surface area (Å²) in [5.41, 5.74) is 1.85. The first-order valence-electron chi connectivity index (χ1n) is 9.43.